The van der Waals surface area contributed by atoms with Crippen molar-refractivity contribution in [2.45, 2.75) is 277 Å². The number of ether oxygens (including phenoxy) is 1. The van der Waals surface area contributed by atoms with Crippen LogP contribution in [0.4, 0.5) is 0 Å². The van der Waals surface area contributed by atoms with E-state index in [1.165, 1.54) is 122 Å². The normalized spacial score (nSPS) is 13.8. The van der Waals surface area contributed by atoms with Crippen LogP contribution in [-0.2, 0) is 14.3 Å². The number of rotatable bonds is 48. The molecule has 0 aliphatic heterocycles. The van der Waals surface area contributed by atoms with Gasteiger partial charge in [-0.05, 0) is 89.9 Å². The van der Waals surface area contributed by atoms with Crippen molar-refractivity contribution in [1.29, 1.82) is 0 Å². The third kappa shape index (κ3) is 45.9. The Bertz CT molecular complexity index is 1190. The highest BCUT2D eigenvalue weighted by molar-refractivity contribution is 5.77. The van der Waals surface area contributed by atoms with Crippen molar-refractivity contribution in [2.75, 3.05) is 6.61 Å². The van der Waals surface area contributed by atoms with Gasteiger partial charge < -0.3 is 20.3 Å². The molecule has 6 nitrogen and oxygen atoms in total. The number of aliphatic hydroxyl groups is 2. The van der Waals surface area contributed by atoms with Gasteiger partial charge in [0.15, 0.2) is 0 Å². The van der Waals surface area contributed by atoms with Crippen LogP contribution in [0.2, 0.25) is 0 Å². The molecule has 64 heavy (non-hydrogen) atoms. The maximum absolute atomic E-state index is 13.2. The molecule has 3 unspecified atom stereocenters. The second kappa shape index (κ2) is 51.3. The zero-order valence-corrected chi connectivity index (χ0v) is 42.1. The first-order valence-corrected chi connectivity index (χ1v) is 27.2. The van der Waals surface area contributed by atoms with E-state index in [2.05, 4.69) is 99.0 Å². The van der Waals surface area contributed by atoms with Crippen LogP contribution in [0.3, 0.4) is 0 Å². The van der Waals surface area contributed by atoms with Crippen LogP contribution in [0, 0.1) is 0 Å². The Labute approximate surface area is 396 Å². The lowest BCUT2D eigenvalue weighted by molar-refractivity contribution is -0.151. The molecule has 0 aromatic rings. The summed E-state index contributed by atoms with van der Waals surface area (Å²) >= 11 is 0. The third-order valence-electron chi connectivity index (χ3n) is 12.0. The number of allylic oxidation sites excluding steroid dienone is 12. The van der Waals surface area contributed by atoms with Crippen LogP contribution in [0.5, 0.6) is 0 Å². The molecular weight excluding hydrogens is 791 g/mol. The maximum Gasteiger partial charge on any atom is 0.306 e. The molecule has 0 spiro atoms. The molecule has 1 amide bonds. The number of carbonyl (C=O) groups excluding carboxylic acids is 2. The number of hydrogen-bond acceptors (Lipinski definition) is 5. The van der Waals surface area contributed by atoms with Crippen molar-refractivity contribution in [2.24, 2.45) is 0 Å². The van der Waals surface area contributed by atoms with E-state index in [1.54, 1.807) is 0 Å². The molecule has 0 aliphatic carbocycles. The topological polar surface area (TPSA) is 95.9 Å². The summed E-state index contributed by atoms with van der Waals surface area (Å²) in [5, 5.41) is 23.8. The zero-order chi connectivity index (χ0) is 46.7. The van der Waals surface area contributed by atoms with E-state index >= 15 is 0 Å². The first-order valence-electron chi connectivity index (χ1n) is 27.2. The summed E-state index contributed by atoms with van der Waals surface area (Å²) < 4.78 is 5.90. The molecule has 0 aliphatic rings. The summed E-state index contributed by atoms with van der Waals surface area (Å²) in [4.78, 5) is 26.2. The predicted octanol–water partition coefficient (Wildman–Crippen LogP) is 16.6. The van der Waals surface area contributed by atoms with E-state index < -0.39 is 18.2 Å². The summed E-state index contributed by atoms with van der Waals surface area (Å²) in [6.07, 6.45) is 65.3. The highest BCUT2D eigenvalue weighted by Crippen LogP contribution is 2.17. The number of nitrogens with one attached hydrogen (secondary N) is 1. The van der Waals surface area contributed by atoms with Crippen molar-refractivity contribution in [3.8, 4) is 0 Å². The van der Waals surface area contributed by atoms with Gasteiger partial charge >= 0.3 is 5.97 Å². The van der Waals surface area contributed by atoms with Crippen LogP contribution >= 0.6 is 0 Å². The summed E-state index contributed by atoms with van der Waals surface area (Å²) in [6.45, 7) is 6.41. The van der Waals surface area contributed by atoms with Crippen molar-refractivity contribution in [3.63, 3.8) is 0 Å². The molecule has 0 heterocycles. The van der Waals surface area contributed by atoms with Crippen LogP contribution < -0.4 is 5.32 Å². The fourth-order valence-electron chi connectivity index (χ4n) is 7.88. The minimum Gasteiger partial charge on any atom is -0.462 e. The van der Waals surface area contributed by atoms with E-state index in [0.717, 1.165) is 83.5 Å². The second-order valence-electron chi connectivity index (χ2n) is 18.3. The van der Waals surface area contributed by atoms with Gasteiger partial charge in [-0.15, -0.1) is 0 Å². The number of aliphatic hydroxyl groups excluding tert-OH is 2. The number of hydrogen-bond donors (Lipinski definition) is 3. The van der Waals surface area contributed by atoms with Crippen LogP contribution in [0.15, 0.2) is 72.9 Å². The molecule has 0 saturated carbocycles. The SMILES string of the molecule is CCCCC/C=C\C/C=C\C/C=C\C/C=C\CCCC(=O)OC(CCCCCC/C=C/C=C/CCCCC)CC(=O)NC(CO)C(O)CCCCCCCCCCCCCCCCC. The standard InChI is InChI=1S/C58H103NO5/c1-4-7-10-13-16-19-22-25-27-28-30-33-36-39-42-45-48-51-58(63)64-54(49-46-43-40-37-34-31-24-21-18-15-12-9-6-3)52-57(62)59-55(53-60)56(61)50-47-44-41-38-35-32-29-26-23-20-17-14-11-8-5-2/h16,18-19,21,24-25,27,30-31,33,39,42,54-56,60-61H,4-15,17,20,22-23,26,28-29,32,34-38,40-41,43-53H2,1-3H3,(H,59,62)/b19-16-,21-18+,27-25-,31-24+,33-30-,42-39-. The lowest BCUT2D eigenvalue weighted by Gasteiger charge is -2.24. The fraction of sp³-hybridized carbons (Fsp3) is 0.759. The highest BCUT2D eigenvalue weighted by Gasteiger charge is 2.24. The highest BCUT2D eigenvalue weighted by atomic mass is 16.5. The lowest BCUT2D eigenvalue weighted by atomic mass is 10.0. The van der Waals surface area contributed by atoms with E-state index in [-0.39, 0.29) is 24.9 Å². The Kier molecular flexibility index (Phi) is 49.1. The quantitative estimate of drug-likeness (QED) is 0.0245. The van der Waals surface area contributed by atoms with Crippen LogP contribution in [0.1, 0.15) is 258 Å². The minimum atomic E-state index is -0.805. The monoisotopic (exact) mass is 894 g/mol. The molecule has 0 saturated heterocycles. The average molecular weight is 894 g/mol. The third-order valence-corrected chi connectivity index (χ3v) is 12.0. The number of amides is 1. The van der Waals surface area contributed by atoms with E-state index in [4.69, 9.17) is 4.74 Å². The fourth-order valence-corrected chi connectivity index (χ4v) is 7.88. The number of carbonyl (C=O) groups is 2. The van der Waals surface area contributed by atoms with Gasteiger partial charge in [0.05, 0.1) is 25.2 Å². The number of unbranched alkanes of at least 4 members (excludes halogenated alkanes) is 25. The minimum absolute atomic E-state index is 0.0401. The second-order valence-corrected chi connectivity index (χ2v) is 18.3. The van der Waals surface area contributed by atoms with Crippen molar-refractivity contribution in [3.05, 3.63) is 72.9 Å². The van der Waals surface area contributed by atoms with Gasteiger partial charge in [-0.3, -0.25) is 9.59 Å². The predicted molar refractivity (Wildman–Crippen MR) is 278 cm³/mol. The van der Waals surface area contributed by atoms with Gasteiger partial charge in [0.1, 0.15) is 6.10 Å². The molecule has 3 N–H and O–H groups in total. The van der Waals surface area contributed by atoms with Crippen molar-refractivity contribution >= 4 is 11.9 Å². The Balaban J connectivity index is 4.66. The smallest absolute Gasteiger partial charge is 0.306 e. The van der Waals surface area contributed by atoms with E-state index in [1.807, 2.05) is 0 Å². The Morgan fingerprint density at radius 1 is 0.469 bits per heavy atom. The first-order chi connectivity index (χ1) is 31.5. The molecule has 0 bridgehead atoms. The Morgan fingerprint density at radius 2 is 0.844 bits per heavy atom. The molecule has 6 heteroatoms. The summed E-state index contributed by atoms with van der Waals surface area (Å²) in [5.74, 6) is -0.560. The first kappa shape index (κ1) is 61.3. The molecular formula is C58H103NO5. The average Bonchev–Trinajstić information content (AvgIpc) is 3.29. The number of esters is 1. The molecule has 0 aromatic carbocycles. The molecule has 0 rings (SSSR count). The summed E-state index contributed by atoms with van der Waals surface area (Å²) in [7, 11) is 0. The molecule has 0 fully saturated rings. The van der Waals surface area contributed by atoms with Crippen LogP contribution in [0.25, 0.3) is 0 Å². The zero-order valence-electron chi connectivity index (χ0n) is 42.1. The molecule has 0 aromatic heterocycles. The van der Waals surface area contributed by atoms with Crippen molar-refractivity contribution in [1.82, 2.24) is 5.32 Å². The lowest BCUT2D eigenvalue weighted by Crippen LogP contribution is -2.46. The van der Waals surface area contributed by atoms with Crippen LogP contribution in [-0.4, -0.2) is 46.9 Å². The van der Waals surface area contributed by atoms with Gasteiger partial charge in [-0.25, -0.2) is 0 Å². The Morgan fingerprint density at radius 3 is 1.33 bits per heavy atom. The van der Waals surface area contributed by atoms with E-state index in [9.17, 15) is 19.8 Å². The van der Waals surface area contributed by atoms with Gasteiger partial charge in [0, 0.05) is 6.42 Å². The Hall–Kier alpha value is -2.70. The van der Waals surface area contributed by atoms with Gasteiger partial charge in [0.25, 0.3) is 0 Å². The van der Waals surface area contributed by atoms with Crippen molar-refractivity contribution < 1.29 is 24.5 Å². The van der Waals surface area contributed by atoms with Gasteiger partial charge in [-0.2, -0.15) is 0 Å². The molecule has 0 radical (unpaired) electrons. The van der Waals surface area contributed by atoms with Gasteiger partial charge in [-0.1, -0.05) is 229 Å². The largest absolute Gasteiger partial charge is 0.462 e. The maximum atomic E-state index is 13.2. The van der Waals surface area contributed by atoms with E-state index in [0.29, 0.717) is 25.7 Å². The molecule has 3 atom stereocenters. The van der Waals surface area contributed by atoms with Gasteiger partial charge in [0.2, 0.25) is 5.91 Å². The summed E-state index contributed by atoms with van der Waals surface area (Å²) in [6, 6.07) is -0.722. The summed E-state index contributed by atoms with van der Waals surface area (Å²) in [5.41, 5.74) is 0. The molecule has 370 valence electrons.